The van der Waals surface area contributed by atoms with E-state index in [4.69, 9.17) is 0 Å². The third kappa shape index (κ3) is 4.46. The number of Topliss-reactive ketones (excluding diaryl/α,β-unsaturated/α-hetero) is 3. The van der Waals surface area contributed by atoms with Gasteiger partial charge in [0.1, 0.15) is 22.8 Å². The van der Waals surface area contributed by atoms with Crippen molar-refractivity contribution in [2.45, 2.75) is 38.0 Å². The van der Waals surface area contributed by atoms with Crippen LogP contribution < -0.4 is 10.6 Å². The van der Waals surface area contributed by atoms with Crippen LogP contribution in [-0.2, 0) is 22.6 Å². The number of amides is 1. The van der Waals surface area contributed by atoms with Gasteiger partial charge in [0.15, 0.2) is 17.2 Å². The van der Waals surface area contributed by atoms with E-state index in [0.29, 0.717) is 23.2 Å². The van der Waals surface area contributed by atoms with Crippen molar-refractivity contribution in [2.24, 2.45) is 11.3 Å². The number of hydrogen-bond acceptors (Lipinski definition) is 10. The number of phenolic OH excluding ortho intramolecular Hbond substituents is 1. The van der Waals surface area contributed by atoms with Crippen molar-refractivity contribution in [3.63, 3.8) is 0 Å². The number of aliphatic hydroxyl groups excluding tert-OH is 2. The van der Waals surface area contributed by atoms with Crippen LogP contribution in [0.3, 0.4) is 0 Å². The van der Waals surface area contributed by atoms with Crippen molar-refractivity contribution in [1.82, 2.24) is 15.5 Å². The van der Waals surface area contributed by atoms with Crippen molar-refractivity contribution in [1.29, 1.82) is 0 Å². The Hall–Kier alpha value is -4.32. The number of hydrogen-bond donors (Lipinski definition) is 6. The third-order valence-corrected chi connectivity index (χ3v) is 9.02. The van der Waals surface area contributed by atoms with E-state index >= 15 is 0 Å². The Morgan fingerprint density at radius 3 is 2.33 bits per heavy atom. The Kier molecular flexibility index (Phi) is 7.54. The molecule has 2 aromatic carbocycles. The maximum atomic E-state index is 14.3. The molecule has 0 radical (unpaired) electrons. The second kappa shape index (κ2) is 10.7. The lowest BCUT2D eigenvalue weighted by molar-refractivity contribution is -0.150. The monoisotopic (exact) mass is 589 g/mol. The van der Waals surface area contributed by atoms with Gasteiger partial charge >= 0.3 is 0 Å². The molecule has 0 saturated heterocycles. The molecule has 2 aromatic rings. The van der Waals surface area contributed by atoms with E-state index < -0.39 is 63.3 Å². The molecule has 0 saturated carbocycles. The summed E-state index contributed by atoms with van der Waals surface area (Å²) >= 11 is 0. The number of aromatic hydroxyl groups is 1. The molecule has 0 fully saturated rings. The largest absolute Gasteiger partial charge is 0.510 e. The van der Waals surface area contributed by atoms with Crippen LogP contribution in [0.1, 0.15) is 45.2 Å². The van der Waals surface area contributed by atoms with Gasteiger partial charge in [-0.15, -0.1) is 0 Å². The van der Waals surface area contributed by atoms with E-state index in [9.17, 15) is 39.6 Å². The highest BCUT2D eigenvalue weighted by atomic mass is 16.3. The number of nitrogens with one attached hydrogen (secondary N) is 2. The maximum absolute atomic E-state index is 14.3. The number of ketones is 3. The fourth-order valence-electron chi connectivity index (χ4n) is 7.12. The summed E-state index contributed by atoms with van der Waals surface area (Å²) in [6, 6.07) is 10.4. The van der Waals surface area contributed by atoms with E-state index in [-0.39, 0.29) is 36.3 Å². The van der Waals surface area contributed by atoms with Gasteiger partial charge in [-0.25, -0.2) is 0 Å². The van der Waals surface area contributed by atoms with Crippen molar-refractivity contribution >= 4 is 23.3 Å². The Morgan fingerprint density at radius 1 is 1.05 bits per heavy atom. The molecule has 6 N–H and O–H groups in total. The third-order valence-electron chi connectivity index (χ3n) is 9.02. The first-order valence-electron chi connectivity index (χ1n) is 14.0. The molecule has 3 aliphatic carbocycles. The molecule has 0 spiro atoms. The lowest BCUT2D eigenvalue weighted by Gasteiger charge is -2.54. The van der Waals surface area contributed by atoms with Crippen LogP contribution in [0, 0.1) is 11.3 Å². The summed E-state index contributed by atoms with van der Waals surface area (Å²) in [7, 11) is 4.92. The molecule has 0 aromatic heterocycles. The minimum Gasteiger partial charge on any atom is -0.510 e. The van der Waals surface area contributed by atoms with Crippen LogP contribution in [0.15, 0.2) is 65.1 Å². The number of carbonyl (C=O) groups is 4. The summed E-state index contributed by atoms with van der Waals surface area (Å²) in [6.07, 6.45) is -0.0828. The smallest absolute Gasteiger partial charge is 0.251 e. The first-order valence-corrected chi connectivity index (χ1v) is 14.0. The van der Waals surface area contributed by atoms with Gasteiger partial charge in [0.25, 0.3) is 5.91 Å². The number of rotatable bonds is 7. The zero-order valence-electron chi connectivity index (χ0n) is 24.4. The van der Waals surface area contributed by atoms with Crippen LogP contribution in [0.5, 0.6) is 5.75 Å². The summed E-state index contributed by atoms with van der Waals surface area (Å²) in [5.74, 6) is -6.28. The Morgan fingerprint density at radius 2 is 1.72 bits per heavy atom. The standard InChI is InChI=1S/C32H35N3O8/c1-16(36)22-27(39)25(35(3)4)20-13-31(15-34-30(42)17-8-6-5-7-9-17)12-19-18(14-33-2)10-11-21(37)23(19)26(38)24(31)29(41)32(20,43)28(22)40/h5-11,20,25,33,37,39,41,43H,12-15H2,1-4H3,(H,34,42)/t20-,25-,31-,32+/m0/s1. The predicted molar refractivity (Wildman–Crippen MR) is 156 cm³/mol. The SMILES string of the molecule is CNCc1ccc(O)c2c1C[C@@]1(CNC(=O)c3ccccc3)C[C@H]3[C@H](N(C)C)C(O)=C(C(C)=O)C(=O)[C@@]3(O)C(O)=C1C2=O. The highest BCUT2D eigenvalue weighted by molar-refractivity contribution is 6.25. The highest BCUT2D eigenvalue weighted by Crippen LogP contribution is 2.57. The number of phenols is 1. The lowest BCUT2D eigenvalue weighted by Crippen LogP contribution is -2.66. The molecular weight excluding hydrogens is 554 g/mol. The Bertz CT molecular complexity index is 1610. The molecule has 3 aliphatic rings. The lowest BCUT2D eigenvalue weighted by atomic mass is 9.52. The number of carbonyl (C=O) groups excluding carboxylic acids is 4. The predicted octanol–water partition coefficient (Wildman–Crippen LogP) is 1.74. The Balaban J connectivity index is 1.76. The summed E-state index contributed by atoms with van der Waals surface area (Å²) < 4.78 is 0. The van der Waals surface area contributed by atoms with Gasteiger partial charge in [-0.1, -0.05) is 24.3 Å². The second-order valence-electron chi connectivity index (χ2n) is 11.8. The van der Waals surface area contributed by atoms with Gasteiger partial charge < -0.3 is 31.1 Å². The number of fused-ring (bicyclic) bond motifs is 3. The number of nitrogens with zero attached hydrogens (tertiary/aromatic N) is 1. The molecular formula is C32H35N3O8. The van der Waals surface area contributed by atoms with Crippen molar-refractivity contribution < 1.29 is 39.6 Å². The van der Waals surface area contributed by atoms with Gasteiger partial charge in [-0.05, 0) is 70.2 Å². The van der Waals surface area contributed by atoms with Crippen LogP contribution >= 0.6 is 0 Å². The molecule has 0 heterocycles. The quantitative estimate of drug-likeness (QED) is 0.261. The molecule has 0 unspecified atom stereocenters. The van der Waals surface area contributed by atoms with Crippen LogP contribution in [0.4, 0.5) is 0 Å². The van der Waals surface area contributed by atoms with Gasteiger partial charge in [0, 0.05) is 35.6 Å². The molecule has 4 atom stereocenters. The van der Waals surface area contributed by atoms with Crippen molar-refractivity contribution in [3.8, 4) is 5.75 Å². The topological polar surface area (TPSA) is 176 Å². The van der Waals surface area contributed by atoms with Gasteiger partial charge in [-0.3, -0.25) is 24.1 Å². The van der Waals surface area contributed by atoms with E-state index in [1.54, 1.807) is 57.5 Å². The number of likely N-dealkylation sites (N-methyl/N-ethyl adjacent to an activating group) is 1. The molecule has 1 amide bonds. The average molecular weight is 590 g/mol. The summed E-state index contributed by atoms with van der Waals surface area (Å²) in [5, 5.41) is 51.9. The average Bonchev–Trinajstić information content (AvgIpc) is 2.95. The summed E-state index contributed by atoms with van der Waals surface area (Å²) in [5.41, 5.74) is -3.56. The summed E-state index contributed by atoms with van der Waals surface area (Å²) in [6.45, 7) is 1.25. The normalized spacial score (nSPS) is 26.7. The molecule has 5 rings (SSSR count). The zero-order chi connectivity index (χ0) is 31.4. The second-order valence-corrected chi connectivity index (χ2v) is 11.8. The van der Waals surface area contributed by atoms with E-state index in [0.717, 1.165) is 6.92 Å². The van der Waals surface area contributed by atoms with Crippen molar-refractivity contribution in [3.05, 3.63) is 87.4 Å². The molecule has 226 valence electrons. The fraction of sp³-hybridized carbons (Fsp3) is 0.375. The van der Waals surface area contributed by atoms with Crippen LogP contribution in [0.25, 0.3) is 0 Å². The Labute approximate surface area is 248 Å². The first-order chi connectivity index (χ1) is 20.3. The number of benzene rings is 2. The zero-order valence-corrected chi connectivity index (χ0v) is 24.4. The van der Waals surface area contributed by atoms with Gasteiger partial charge in [0.05, 0.1) is 11.6 Å². The van der Waals surface area contributed by atoms with Gasteiger partial charge in [0.2, 0.25) is 5.78 Å². The highest BCUT2D eigenvalue weighted by Gasteiger charge is 2.66. The fourth-order valence-corrected chi connectivity index (χ4v) is 7.12. The van der Waals surface area contributed by atoms with Crippen LogP contribution in [0.2, 0.25) is 0 Å². The number of aliphatic hydroxyl groups is 3. The van der Waals surface area contributed by atoms with E-state index in [1.165, 1.54) is 11.0 Å². The molecule has 0 aliphatic heterocycles. The molecule has 11 heteroatoms. The van der Waals surface area contributed by atoms with Crippen LogP contribution in [-0.4, -0.2) is 87.9 Å². The molecule has 0 bridgehead atoms. The summed E-state index contributed by atoms with van der Waals surface area (Å²) in [4.78, 5) is 55.3. The van der Waals surface area contributed by atoms with Gasteiger partial charge in [-0.2, -0.15) is 0 Å². The van der Waals surface area contributed by atoms with E-state index in [2.05, 4.69) is 10.6 Å². The maximum Gasteiger partial charge on any atom is 0.251 e. The minimum absolute atomic E-state index is 0.0545. The van der Waals surface area contributed by atoms with E-state index in [1.807, 2.05) is 0 Å². The molecule has 11 nitrogen and oxygen atoms in total. The first kappa shape index (κ1) is 30.1. The molecule has 43 heavy (non-hydrogen) atoms. The minimum atomic E-state index is -2.73. The van der Waals surface area contributed by atoms with Crippen molar-refractivity contribution in [2.75, 3.05) is 27.7 Å².